The highest BCUT2D eigenvalue weighted by atomic mass is 16.5. The van der Waals surface area contributed by atoms with Crippen molar-refractivity contribution in [2.75, 3.05) is 0 Å². The van der Waals surface area contributed by atoms with Gasteiger partial charge in [0.2, 0.25) is 0 Å². The molecule has 1 heterocycles. The highest BCUT2D eigenvalue weighted by Crippen LogP contribution is 2.20. The molecule has 0 spiro atoms. The lowest BCUT2D eigenvalue weighted by Gasteiger charge is -2.06. The first kappa shape index (κ1) is 16.9. The molecular formula is C24H19NO2. The van der Waals surface area contributed by atoms with E-state index in [9.17, 15) is 4.79 Å². The van der Waals surface area contributed by atoms with Crippen molar-refractivity contribution >= 4 is 22.8 Å². The van der Waals surface area contributed by atoms with Crippen molar-refractivity contribution in [2.45, 2.75) is 6.61 Å². The lowest BCUT2D eigenvalue weighted by molar-refractivity contribution is 0.104. The van der Waals surface area contributed by atoms with Gasteiger partial charge in [0.1, 0.15) is 12.4 Å². The Morgan fingerprint density at radius 3 is 2.44 bits per heavy atom. The van der Waals surface area contributed by atoms with Crippen LogP contribution >= 0.6 is 0 Å². The maximum atomic E-state index is 12.4. The number of fused-ring (bicyclic) bond motifs is 1. The van der Waals surface area contributed by atoms with Gasteiger partial charge in [-0.05, 0) is 53.6 Å². The smallest absolute Gasteiger partial charge is 0.185 e. The molecule has 0 aliphatic heterocycles. The molecule has 0 bridgehead atoms. The number of ketones is 1. The van der Waals surface area contributed by atoms with Gasteiger partial charge in [0.25, 0.3) is 0 Å². The number of H-pyrrole nitrogens is 1. The van der Waals surface area contributed by atoms with E-state index in [1.165, 1.54) is 0 Å². The minimum Gasteiger partial charge on any atom is -0.489 e. The van der Waals surface area contributed by atoms with Crippen LogP contribution in [0.25, 0.3) is 17.0 Å². The first-order valence-corrected chi connectivity index (χ1v) is 8.85. The number of ether oxygens (including phenoxy) is 1. The van der Waals surface area contributed by atoms with Crippen molar-refractivity contribution in [1.82, 2.24) is 4.98 Å². The molecule has 0 saturated carbocycles. The number of carbonyl (C=O) groups is 1. The van der Waals surface area contributed by atoms with Crippen LogP contribution in [0, 0.1) is 0 Å². The molecule has 1 N–H and O–H groups in total. The number of hydrogen-bond donors (Lipinski definition) is 1. The van der Waals surface area contributed by atoms with Crippen LogP contribution in [-0.2, 0) is 6.61 Å². The van der Waals surface area contributed by atoms with Crippen molar-refractivity contribution in [3.63, 3.8) is 0 Å². The minimum absolute atomic E-state index is 0.0325. The summed E-state index contributed by atoms with van der Waals surface area (Å²) in [6.07, 6.45) is 5.37. The minimum atomic E-state index is -0.0325. The zero-order chi connectivity index (χ0) is 18.5. The van der Waals surface area contributed by atoms with Gasteiger partial charge in [-0.15, -0.1) is 0 Å². The van der Waals surface area contributed by atoms with Crippen molar-refractivity contribution < 1.29 is 9.53 Å². The fourth-order valence-corrected chi connectivity index (χ4v) is 2.95. The monoisotopic (exact) mass is 353 g/mol. The van der Waals surface area contributed by atoms with E-state index in [4.69, 9.17) is 4.74 Å². The summed E-state index contributed by atoms with van der Waals surface area (Å²) in [6.45, 7) is 0.509. The van der Waals surface area contributed by atoms with E-state index in [0.29, 0.717) is 12.2 Å². The quantitative estimate of drug-likeness (QED) is 0.360. The largest absolute Gasteiger partial charge is 0.489 e. The second-order valence-corrected chi connectivity index (χ2v) is 6.29. The van der Waals surface area contributed by atoms with E-state index in [2.05, 4.69) is 4.98 Å². The van der Waals surface area contributed by atoms with Crippen LogP contribution in [0.1, 0.15) is 21.5 Å². The summed E-state index contributed by atoms with van der Waals surface area (Å²) in [5.74, 6) is 0.714. The Bertz CT molecular complexity index is 1080. The molecule has 0 fully saturated rings. The Balaban J connectivity index is 1.41. The number of nitrogens with one attached hydrogen (secondary N) is 1. The molecular weight excluding hydrogens is 334 g/mol. The molecule has 0 amide bonds. The maximum Gasteiger partial charge on any atom is 0.185 e. The van der Waals surface area contributed by atoms with Gasteiger partial charge in [-0.1, -0.05) is 48.5 Å². The van der Waals surface area contributed by atoms with Crippen LogP contribution < -0.4 is 4.74 Å². The standard InChI is InChI=1S/C24H19NO2/c26-24(15-12-20-16-25-23-9-5-4-8-22(20)23)19-10-13-21(14-11-19)27-17-18-6-2-1-3-7-18/h1-16,25H,17H2/b15-12+. The van der Waals surface area contributed by atoms with Gasteiger partial charge in [-0.25, -0.2) is 0 Å². The van der Waals surface area contributed by atoms with Gasteiger partial charge in [-0.3, -0.25) is 4.79 Å². The lowest BCUT2D eigenvalue weighted by atomic mass is 10.1. The summed E-state index contributed by atoms with van der Waals surface area (Å²) in [5, 5.41) is 1.10. The SMILES string of the molecule is O=C(/C=C/c1c[nH]c2ccccc12)c1ccc(OCc2ccccc2)cc1. The number of aromatic amines is 1. The van der Waals surface area contributed by atoms with E-state index in [-0.39, 0.29) is 5.78 Å². The lowest BCUT2D eigenvalue weighted by Crippen LogP contribution is -1.97. The number of hydrogen-bond acceptors (Lipinski definition) is 2. The molecule has 3 aromatic carbocycles. The highest BCUT2D eigenvalue weighted by molar-refractivity contribution is 6.07. The van der Waals surface area contributed by atoms with E-state index < -0.39 is 0 Å². The Morgan fingerprint density at radius 2 is 1.63 bits per heavy atom. The maximum absolute atomic E-state index is 12.4. The molecule has 1 aromatic heterocycles. The van der Waals surface area contributed by atoms with Gasteiger partial charge in [0.05, 0.1) is 0 Å². The first-order valence-electron chi connectivity index (χ1n) is 8.85. The van der Waals surface area contributed by atoms with Crippen molar-refractivity contribution in [1.29, 1.82) is 0 Å². The molecule has 0 atom stereocenters. The molecule has 0 aliphatic carbocycles. The van der Waals surface area contributed by atoms with Gasteiger partial charge >= 0.3 is 0 Å². The normalized spacial score (nSPS) is 11.1. The molecule has 3 nitrogen and oxygen atoms in total. The second kappa shape index (κ2) is 7.75. The van der Waals surface area contributed by atoms with Gasteiger partial charge in [-0.2, -0.15) is 0 Å². The fourth-order valence-electron chi connectivity index (χ4n) is 2.95. The summed E-state index contributed by atoms with van der Waals surface area (Å²) in [5.41, 5.74) is 3.81. The van der Waals surface area contributed by atoms with E-state index in [1.807, 2.05) is 79.0 Å². The molecule has 0 radical (unpaired) electrons. The molecule has 0 aliphatic rings. The predicted molar refractivity (Wildman–Crippen MR) is 109 cm³/mol. The molecule has 0 saturated heterocycles. The molecule has 3 heteroatoms. The predicted octanol–water partition coefficient (Wildman–Crippen LogP) is 5.64. The average molecular weight is 353 g/mol. The zero-order valence-corrected chi connectivity index (χ0v) is 14.8. The summed E-state index contributed by atoms with van der Waals surface area (Å²) in [6, 6.07) is 25.3. The third kappa shape index (κ3) is 3.98. The van der Waals surface area contributed by atoms with Gasteiger partial charge in [0, 0.05) is 22.7 Å². The van der Waals surface area contributed by atoms with Gasteiger partial charge < -0.3 is 9.72 Å². The first-order chi connectivity index (χ1) is 13.3. The van der Waals surface area contributed by atoms with E-state index >= 15 is 0 Å². The third-order valence-electron chi connectivity index (χ3n) is 4.42. The van der Waals surface area contributed by atoms with Crippen LogP contribution in [0.2, 0.25) is 0 Å². The number of aromatic nitrogens is 1. The van der Waals surface area contributed by atoms with Crippen LogP contribution in [0.15, 0.2) is 91.1 Å². The summed E-state index contributed by atoms with van der Waals surface area (Å²) >= 11 is 0. The average Bonchev–Trinajstić information content (AvgIpc) is 3.15. The summed E-state index contributed by atoms with van der Waals surface area (Å²) in [4.78, 5) is 15.6. The Labute approximate surface area is 157 Å². The molecule has 0 unspecified atom stereocenters. The third-order valence-corrected chi connectivity index (χ3v) is 4.42. The number of benzene rings is 3. The Hall–Kier alpha value is -3.59. The Kier molecular flexibility index (Phi) is 4.84. The number of carbonyl (C=O) groups excluding carboxylic acids is 1. The van der Waals surface area contributed by atoms with Crippen molar-refractivity contribution in [3.8, 4) is 5.75 Å². The zero-order valence-electron chi connectivity index (χ0n) is 14.8. The van der Waals surface area contributed by atoms with Crippen molar-refractivity contribution in [2.24, 2.45) is 0 Å². The van der Waals surface area contributed by atoms with Crippen LogP contribution in [0.4, 0.5) is 0 Å². The van der Waals surface area contributed by atoms with Crippen molar-refractivity contribution in [3.05, 3.63) is 108 Å². The van der Waals surface area contributed by atoms with E-state index in [1.54, 1.807) is 18.2 Å². The second-order valence-electron chi connectivity index (χ2n) is 6.29. The summed E-state index contributed by atoms with van der Waals surface area (Å²) in [7, 11) is 0. The van der Waals surface area contributed by atoms with Crippen LogP contribution in [0.5, 0.6) is 5.75 Å². The molecule has 4 rings (SSSR count). The summed E-state index contributed by atoms with van der Waals surface area (Å²) < 4.78 is 5.76. The number of para-hydroxylation sites is 1. The molecule has 132 valence electrons. The van der Waals surface area contributed by atoms with Crippen LogP contribution in [0.3, 0.4) is 0 Å². The molecule has 4 aromatic rings. The Morgan fingerprint density at radius 1 is 0.889 bits per heavy atom. The molecule has 27 heavy (non-hydrogen) atoms. The topological polar surface area (TPSA) is 42.1 Å². The van der Waals surface area contributed by atoms with E-state index in [0.717, 1.165) is 27.8 Å². The number of rotatable bonds is 6. The van der Waals surface area contributed by atoms with Gasteiger partial charge in [0.15, 0.2) is 5.78 Å². The number of allylic oxidation sites excluding steroid dienone is 1. The fraction of sp³-hybridized carbons (Fsp3) is 0.0417. The van der Waals surface area contributed by atoms with Crippen LogP contribution in [-0.4, -0.2) is 10.8 Å². The highest BCUT2D eigenvalue weighted by Gasteiger charge is 2.04.